The molecule has 8 aromatic rings. The summed E-state index contributed by atoms with van der Waals surface area (Å²) >= 11 is 0. The van der Waals surface area contributed by atoms with Crippen molar-refractivity contribution in [3.63, 3.8) is 0 Å². The highest BCUT2D eigenvalue weighted by molar-refractivity contribution is 6.13. The largest absolute Gasteiger partial charge is 0.508 e. The number of fused-ring (bicyclic) bond motifs is 9. The van der Waals surface area contributed by atoms with Gasteiger partial charge < -0.3 is 10.2 Å². The predicted molar refractivity (Wildman–Crippen MR) is 177 cm³/mol. The van der Waals surface area contributed by atoms with Gasteiger partial charge in [0.05, 0.1) is 5.41 Å². The molecule has 202 valence electrons. The number of hydrogen-bond donors (Lipinski definition) is 2. The number of aromatic hydroxyl groups is 2. The van der Waals surface area contributed by atoms with Gasteiger partial charge in [-0.05, 0) is 101 Å². The molecular weight excluding hydrogens is 524 g/mol. The monoisotopic (exact) mass is 550 g/mol. The molecule has 0 fully saturated rings. The molecule has 8 aromatic carbocycles. The van der Waals surface area contributed by atoms with E-state index in [0.29, 0.717) is 0 Å². The fourth-order valence-corrected chi connectivity index (χ4v) is 7.78. The van der Waals surface area contributed by atoms with Crippen LogP contribution < -0.4 is 0 Å². The first-order chi connectivity index (χ1) is 21.1. The lowest BCUT2D eigenvalue weighted by molar-refractivity contribution is 0.474. The quantitative estimate of drug-likeness (QED) is 0.210. The highest BCUT2D eigenvalue weighted by atomic mass is 16.3. The van der Waals surface area contributed by atoms with Gasteiger partial charge in [0, 0.05) is 0 Å². The van der Waals surface area contributed by atoms with Crippen LogP contribution in [0.1, 0.15) is 22.3 Å². The summed E-state index contributed by atoms with van der Waals surface area (Å²) in [6, 6.07) is 50.2. The molecule has 2 N–H and O–H groups in total. The molecule has 9 rings (SSSR count). The molecule has 2 heteroatoms. The fourth-order valence-electron chi connectivity index (χ4n) is 7.78. The standard InChI is InChI=1S/C41H26O2/c42-27-21-35-29-11-3-1-9-25(29)17-19-33(35)39(23-27)41(37-15-7-5-13-31(37)32-14-6-8-16-38(32)41)40-24-28(43)22-36-30-12-4-2-10-26(30)18-20-34(36)40/h1-24,42-43H. The van der Waals surface area contributed by atoms with Crippen molar-refractivity contribution in [2.24, 2.45) is 0 Å². The van der Waals surface area contributed by atoms with E-state index in [0.717, 1.165) is 76.5 Å². The summed E-state index contributed by atoms with van der Waals surface area (Å²) in [6.07, 6.45) is 0. The lowest BCUT2D eigenvalue weighted by atomic mass is 9.65. The van der Waals surface area contributed by atoms with E-state index < -0.39 is 5.41 Å². The zero-order valence-electron chi connectivity index (χ0n) is 23.3. The molecular formula is C41H26O2. The minimum absolute atomic E-state index is 0.218. The molecule has 0 atom stereocenters. The van der Waals surface area contributed by atoms with Gasteiger partial charge in [-0.1, -0.05) is 121 Å². The van der Waals surface area contributed by atoms with Crippen molar-refractivity contribution in [3.8, 4) is 22.6 Å². The second-order valence-corrected chi connectivity index (χ2v) is 11.6. The Labute approximate surface area is 248 Å². The maximum atomic E-state index is 11.4. The van der Waals surface area contributed by atoms with E-state index in [4.69, 9.17) is 0 Å². The van der Waals surface area contributed by atoms with E-state index in [1.54, 1.807) is 0 Å². The average molecular weight is 551 g/mol. The summed E-state index contributed by atoms with van der Waals surface area (Å²) in [5, 5.41) is 31.5. The van der Waals surface area contributed by atoms with Crippen LogP contribution in [0.3, 0.4) is 0 Å². The minimum Gasteiger partial charge on any atom is -0.508 e. The van der Waals surface area contributed by atoms with Crippen molar-refractivity contribution in [1.29, 1.82) is 0 Å². The summed E-state index contributed by atoms with van der Waals surface area (Å²) in [6.45, 7) is 0. The van der Waals surface area contributed by atoms with Gasteiger partial charge in [-0.3, -0.25) is 0 Å². The lowest BCUT2D eigenvalue weighted by Crippen LogP contribution is -2.29. The predicted octanol–water partition coefficient (Wildman–Crippen LogP) is 10.1. The topological polar surface area (TPSA) is 40.5 Å². The van der Waals surface area contributed by atoms with Crippen molar-refractivity contribution < 1.29 is 10.2 Å². The Morgan fingerprint density at radius 1 is 0.326 bits per heavy atom. The van der Waals surface area contributed by atoms with Crippen LogP contribution in [0.5, 0.6) is 11.5 Å². The van der Waals surface area contributed by atoms with Gasteiger partial charge in [0.25, 0.3) is 0 Å². The van der Waals surface area contributed by atoms with Crippen LogP contribution in [0.2, 0.25) is 0 Å². The second-order valence-electron chi connectivity index (χ2n) is 11.6. The molecule has 0 bridgehead atoms. The van der Waals surface area contributed by atoms with E-state index in [2.05, 4.69) is 109 Å². The Bertz CT molecular complexity index is 2260. The van der Waals surface area contributed by atoms with E-state index in [1.807, 2.05) is 36.4 Å². The highest BCUT2D eigenvalue weighted by Gasteiger charge is 2.48. The number of benzene rings is 8. The van der Waals surface area contributed by atoms with Crippen molar-refractivity contribution >= 4 is 43.1 Å². The molecule has 43 heavy (non-hydrogen) atoms. The first kappa shape index (κ1) is 24.0. The molecule has 0 saturated carbocycles. The maximum Gasteiger partial charge on any atom is 0.116 e. The summed E-state index contributed by atoms with van der Waals surface area (Å²) in [4.78, 5) is 0. The smallest absolute Gasteiger partial charge is 0.116 e. The number of hydrogen-bond acceptors (Lipinski definition) is 2. The first-order valence-electron chi connectivity index (χ1n) is 14.6. The summed E-state index contributed by atoms with van der Waals surface area (Å²) in [5.74, 6) is 0.435. The van der Waals surface area contributed by atoms with Crippen molar-refractivity contribution in [2.75, 3.05) is 0 Å². The number of rotatable bonds is 2. The average Bonchev–Trinajstić information content (AvgIpc) is 3.35. The number of phenolic OH excluding ortho intramolecular Hbond substituents is 2. The summed E-state index contributed by atoms with van der Waals surface area (Å²) in [5.41, 5.74) is 5.76. The minimum atomic E-state index is -0.813. The van der Waals surface area contributed by atoms with Crippen LogP contribution in [-0.2, 0) is 5.41 Å². The normalized spacial score (nSPS) is 13.5. The molecule has 0 spiro atoms. The maximum absolute atomic E-state index is 11.4. The molecule has 0 amide bonds. The summed E-state index contributed by atoms with van der Waals surface area (Å²) in [7, 11) is 0. The molecule has 0 heterocycles. The third-order valence-corrected chi connectivity index (χ3v) is 9.45. The molecule has 0 saturated heterocycles. The van der Waals surface area contributed by atoms with Gasteiger partial charge in [-0.2, -0.15) is 0 Å². The Balaban J connectivity index is 1.55. The van der Waals surface area contributed by atoms with E-state index >= 15 is 0 Å². The van der Waals surface area contributed by atoms with Crippen molar-refractivity contribution in [3.05, 3.63) is 168 Å². The molecule has 1 aliphatic rings. The van der Waals surface area contributed by atoms with Crippen LogP contribution in [0, 0.1) is 0 Å². The van der Waals surface area contributed by atoms with Gasteiger partial charge in [0.1, 0.15) is 11.5 Å². The number of phenols is 2. The van der Waals surface area contributed by atoms with Crippen molar-refractivity contribution in [1.82, 2.24) is 0 Å². The highest BCUT2D eigenvalue weighted by Crippen LogP contribution is 2.59. The van der Waals surface area contributed by atoms with E-state index in [-0.39, 0.29) is 11.5 Å². The van der Waals surface area contributed by atoms with Crippen LogP contribution in [0.15, 0.2) is 146 Å². The molecule has 0 radical (unpaired) electrons. The third-order valence-electron chi connectivity index (χ3n) is 9.45. The van der Waals surface area contributed by atoms with Gasteiger partial charge in [-0.25, -0.2) is 0 Å². The SMILES string of the molecule is Oc1cc(C2(c3cc(O)cc4c3ccc3ccccc34)c3ccccc3-c3ccccc32)c2ccc3ccccc3c2c1. The fraction of sp³-hybridized carbons (Fsp3) is 0.0244. The van der Waals surface area contributed by atoms with E-state index in [1.165, 1.54) is 0 Å². The molecule has 0 aromatic heterocycles. The Morgan fingerprint density at radius 3 is 1.23 bits per heavy atom. The van der Waals surface area contributed by atoms with E-state index in [9.17, 15) is 10.2 Å². The van der Waals surface area contributed by atoms with Crippen LogP contribution in [0.25, 0.3) is 54.2 Å². The second kappa shape index (κ2) is 8.70. The van der Waals surface area contributed by atoms with Crippen molar-refractivity contribution in [2.45, 2.75) is 5.41 Å². The Kier molecular flexibility index (Phi) is 4.87. The molecule has 0 unspecified atom stereocenters. The first-order valence-corrected chi connectivity index (χ1v) is 14.6. The van der Waals surface area contributed by atoms with Crippen LogP contribution in [0.4, 0.5) is 0 Å². The Morgan fingerprint density at radius 2 is 0.744 bits per heavy atom. The van der Waals surface area contributed by atoms with Gasteiger partial charge in [0.2, 0.25) is 0 Å². The van der Waals surface area contributed by atoms with Crippen LogP contribution in [-0.4, -0.2) is 10.2 Å². The van der Waals surface area contributed by atoms with Gasteiger partial charge in [0.15, 0.2) is 0 Å². The lowest BCUT2D eigenvalue weighted by Gasteiger charge is -2.36. The summed E-state index contributed by atoms with van der Waals surface area (Å²) < 4.78 is 0. The molecule has 2 nitrogen and oxygen atoms in total. The Hall–Kier alpha value is -5.60. The van der Waals surface area contributed by atoms with Gasteiger partial charge in [-0.15, -0.1) is 0 Å². The van der Waals surface area contributed by atoms with Crippen LogP contribution >= 0.6 is 0 Å². The molecule has 0 aliphatic heterocycles. The van der Waals surface area contributed by atoms with Gasteiger partial charge >= 0.3 is 0 Å². The molecule has 1 aliphatic carbocycles. The zero-order valence-corrected chi connectivity index (χ0v) is 23.3. The third kappa shape index (κ3) is 3.18. The zero-order chi connectivity index (χ0) is 28.7.